The molecule has 106 valence electrons. The molecule has 1 heterocycles. The summed E-state index contributed by atoms with van der Waals surface area (Å²) >= 11 is 4.86. The Morgan fingerprint density at radius 3 is 2.60 bits per heavy atom. The lowest BCUT2D eigenvalue weighted by Crippen LogP contribution is -2.11. The van der Waals surface area contributed by atoms with Crippen LogP contribution in [0.25, 0.3) is 0 Å². The molecule has 0 fully saturated rings. The summed E-state index contributed by atoms with van der Waals surface area (Å²) in [6.07, 6.45) is 0.914. The van der Waals surface area contributed by atoms with Crippen molar-refractivity contribution in [1.82, 2.24) is 4.98 Å². The number of thiazole rings is 1. The second-order valence-electron chi connectivity index (χ2n) is 5.08. The normalized spacial score (nSPS) is 10.8. The number of rotatable bonds is 4. The van der Waals surface area contributed by atoms with E-state index in [-0.39, 0.29) is 5.91 Å². The predicted octanol–water partition coefficient (Wildman–Crippen LogP) is 4.66. The molecule has 0 aliphatic rings. The molecule has 2 aromatic rings. The van der Waals surface area contributed by atoms with Crippen LogP contribution < -0.4 is 5.32 Å². The molecule has 0 unspecified atom stereocenters. The number of carbonyl (C=O) groups excluding carboxylic acids is 1. The maximum atomic E-state index is 12.3. The van der Waals surface area contributed by atoms with Crippen LogP contribution in [-0.2, 0) is 6.42 Å². The fourth-order valence-electron chi connectivity index (χ4n) is 1.82. The highest BCUT2D eigenvalue weighted by atomic mass is 79.9. The van der Waals surface area contributed by atoms with Gasteiger partial charge in [-0.3, -0.25) is 4.79 Å². The molecule has 2 rings (SSSR count). The van der Waals surface area contributed by atoms with Gasteiger partial charge >= 0.3 is 0 Å². The fourth-order valence-corrected chi connectivity index (χ4v) is 3.26. The lowest BCUT2D eigenvalue weighted by molar-refractivity contribution is 0.103. The van der Waals surface area contributed by atoms with E-state index in [4.69, 9.17) is 0 Å². The van der Waals surface area contributed by atoms with Gasteiger partial charge in [-0.2, -0.15) is 0 Å². The monoisotopic (exact) mass is 352 g/mol. The fraction of sp³-hybridized carbons (Fsp3) is 0.333. The molecule has 1 amide bonds. The number of aryl methyl sites for hydroxylation is 1. The molecule has 1 aromatic heterocycles. The van der Waals surface area contributed by atoms with Crippen LogP contribution in [0.4, 0.5) is 5.69 Å². The molecular formula is C15H17BrN2OS. The van der Waals surface area contributed by atoms with Gasteiger partial charge < -0.3 is 5.32 Å². The van der Waals surface area contributed by atoms with Crippen molar-refractivity contribution >= 4 is 38.9 Å². The Morgan fingerprint density at radius 1 is 1.35 bits per heavy atom. The highest BCUT2D eigenvalue weighted by Gasteiger charge is 2.16. The number of benzene rings is 1. The summed E-state index contributed by atoms with van der Waals surface area (Å²) in [7, 11) is 0. The third kappa shape index (κ3) is 3.90. The molecule has 0 aliphatic heterocycles. The quantitative estimate of drug-likeness (QED) is 0.868. The average Bonchev–Trinajstić information content (AvgIpc) is 2.72. The molecule has 1 N–H and O–H groups in total. The molecule has 0 spiro atoms. The second kappa shape index (κ2) is 6.50. The molecule has 0 saturated carbocycles. The number of aromatic nitrogens is 1. The molecular weight excluding hydrogens is 336 g/mol. The SMILES string of the molecule is Cc1nc(CC(C)C)sc1C(=O)Nc1ccc(Br)cc1. The minimum atomic E-state index is -0.0858. The van der Waals surface area contributed by atoms with E-state index in [1.807, 2.05) is 31.2 Å². The van der Waals surface area contributed by atoms with E-state index < -0.39 is 0 Å². The minimum absolute atomic E-state index is 0.0858. The van der Waals surface area contributed by atoms with Gasteiger partial charge in [0.15, 0.2) is 0 Å². The maximum absolute atomic E-state index is 12.3. The smallest absolute Gasteiger partial charge is 0.267 e. The number of nitrogens with one attached hydrogen (secondary N) is 1. The summed E-state index contributed by atoms with van der Waals surface area (Å²) in [5.74, 6) is 0.459. The van der Waals surface area contributed by atoms with Gasteiger partial charge in [-0.15, -0.1) is 11.3 Å². The third-order valence-electron chi connectivity index (χ3n) is 2.73. The number of halogens is 1. The van der Waals surface area contributed by atoms with E-state index in [2.05, 4.69) is 40.1 Å². The molecule has 0 bridgehead atoms. The first-order valence-electron chi connectivity index (χ1n) is 6.49. The van der Waals surface area contributed by atoms with Gasteiger partial charge in [-0.05, 0) is 37.1 Å². The topological polar surface area (TPSA) is 42.0 Å². The lowest BCUT2D eigenvalue weighted by atomic mass is 10.1. The Balaban J connectivity index is 2.12. The molecule has 20 heavy (non-hydrogen) atoms. The number of anilines is 1. The highest BCUT2D eigenvalue weighted by molar-refractivity contribution is 9.10. The summed E-state index contributed by atoms with van der Waals surface area (Å²) in [6, 6.07) is 7.54. The van der Waals surface area contributed by atoms with Gasteiger partial charge in [0.25, 0.3) is 5.91 Å². The zero-order valence-corrected chi connectivity index (χ0v) is 14.1. The Labute approximate surface area is 131 Å². The minimum Gasteiger partial charge on any atom is -0.321 e. The van der Waals surface area contributed by atoms with Gasteiger partial charge in [0.05, 0.1) is 10.7 Å². The van der Waals surface area contributed by atoms with Gasteiger partial charge in [0.1, 0.15) is 4.88 Å². The highest BCUT2D eigenvalue weighted by Crippen LogP contribution is 2.22. The summed E-state index contributed by atoms with van der Waals surface area (Å²) in [4.78, 5) is 17.4. The van der Waals surface area contributed by atoms with Crippen molar-refractivity contribution in [1.29, 1.82) is 0 Å². The van der Waals surface area contributed by atoms with Crippen LogP contribution in [0.5, 0.6) is 0 Å². The van der Waals surface area contributed by atoms with Gasteiger partial charge in [-0.25, -0.2) is 4.98 Å². The van der Waals surface area contributed by atoms with Crippen LogP contribution >= 0.6 is 27.3 Å². The average molecular weight is 353 g/mol. The standard InChI is InChI=1S/C15H17BrN2OS/c1-9(2)8-13-17-10(3)14(20-13)15(19)18-12-6-4-11(16)5-7-12/h4-7,9H,8H2,1-3H3,(H,18,19). The predicted molar refractivity (Wildman–Crippen MR) is 87.5 cm³/mol. The molecule has 0 atom stereocenters. The summed E-state index contributed by atoms with van der Waals surface area (Å²) in [5.41, 5.74) is 1.59. The van der Waals surface area contributed by atoms with E-state index in [1.165, 1.54) is 11.3 Å². The Bertz CT molecular complexity index is 605. The first kappa shape index (κ1) is 15.2. The molecule has 0 aliphatic carbocycles. The van der Waals surface area contributed by atoms with Crippen molar-refractivity contribution in [3.8, 4) is 0 Å². The summed E-state index contributed by atoms with van der Waals surface area (Å²) in [6.45, 7) is 6.19. The van der Waals surface area contributed by atoms with Gasteiger partial charge in [-0.1, -0.05) is 29.8 Å². The second-order valence-corrected chi connectivity index (χ2v) is 7.08. The van der Waals surface area contributed by atoms with Crippen LogP contribution in [0.15, 0.2) is 28.7 Å². The van der Waals surface area contributed by atoms with Crippen LogP contribution in [-0.4, -0.2) is 10.9 Å². The zero-order valence-electron chi connectivity index (χ0n) is 11.7. The first-order valence-corrected chi connectivity index (χ1v) is 8.10. The van der Waals surface area contributed by atoms with Crippen molar-refractivity contribution < 1.29 is 4.79 Å². The summed E-state index contributed by atoms with van der Waals surface area (Å²) < 4.78 is 0.990. The van der Waals surface area contributed by atoms with Crippen molar-refractivity contribution in [3.63, 3.8) is 0 Å². The van der Waals surface area contributed by atoms with E-state index >= 15 is 0 Å². The summed E-state index contributed by atoms with van der Waals surface area (Å²) in [5, 5.41) is 3.93. The van der Waals surface area contributed by atoms with E-state index in [1.54, 1.807) is 0 Å². The van der Waals surface area contributed by atoms with E-state index in [0.29, 0.717) is 10.8 Å². The van der Waals surface area contributed by atoms with Crippen molar-refractivity contribution in [2.24, 2.45) is 5.92 Å². The number of carbonyl (C=O) groups is 1. The Morgan fingerprint density at radius 2 is 2.00 bits per heavy atom. The zero-order chi connectivity index (χ0) is 14.7. The Kier molecular flexibility index (Phi) is 4.94. The van der Waals surface area contributed by atoms with Crippen molar-refractivity contribution in [2.75, 3.05) is 5.32 Å². The largest absolute Gasteiger partial charge is 0.321 e. The van der Waals surface area contributed by atoms with Crippen molar-refractivity contribution in [3.05, 3.63) is 44.3 Å². The first-order chi connectivity index (χ1) is 9.45. The molecule has 0 saturated heterocycles. The molecule has 0 radical (unpaired) electrons. The maximum Gasteiger partial charge on any atom is 0.267 e. The van der Waals surface area contributed by atoms with Gasteiger partial charge in [0.2, 0.25) is 0 Å². The van der Waals surface area contributed by atoms with E-state index in [0.717, 1.165) is 27.3 Å². The van der Waals surface area contributed by atoms with Crippen LogP contribution in [0.3, 0.4) is 0 Å². The number of nitrogens with zero attached hydrogens (tertiary/aromatic N) is 1. The number of amides is 1. The van der Waals surface area contributed by atoms with Crippen LogP contribution in [0, 0.1) is 12.8 Å². The molecule has 5 heteroatoms. The Hall–Kier alpha value is -1.20. The van der Waals surface area contributed by atoms with E-state index in [9.17, 15) is 4.79 Å². The number of hydrogen-bond donors (Lipinski definition) is 1. The van der Waals surface area contributed by atoms with Gasteiger partial charge in [0, 0.05) is 16.6 Å². The third-order valence-corrected chi connectivity index (χ3v) is 4.44. The molecule has 3 nitrogen and oxygen atoms in total. The number of hydrogen-bond acceptors (Lipinski definition) is 3. The van der Waals surface area contributed by atoms with Crippen LogP contribution in [0.1, 0.15) is 34.2 Å². The molecule has 1 aromatic carbocycles. The lowest BCUT2D eigenvalue weighted by Gasteiger charge is -2.03. The van der Waals surface area contributed by atoms with Crippen molar-refractivity contribution in [2.45, 2.75) is 27.2 Å². The van der Waals surface area contributed by atoms with Crippen LogP contribution in [0.2, 0.25) is 0 Å².